The van der Waals surface area contributed by atoms with Gasteiger partial charge in [0.2, 0.25) is 0 Å². The Balaban J connectivity index is 2.42. The molecular weight excluding hydrogens is 270 g/mol. The number of quaternary nitrogens is 1. The molecule has 2 nitrogen and oxygen atoms in total. The summed E-state index contributed by atoms with van der Waals surface area (Å²) in [6.45, 7) is 13.2. The van der Waals surface area contributed by atoms with Gasteiger partial charge in [0, 0.05) is 6.42 Å². The van der Waals surface area contributed by atoms with E-state index >= 15 is 0 Å². The van der Waals surface area contributed by atoms with Crippen LogP contribution in [0, 0.1) is 0 Å². The van der Waals surface area contributed by atoms with Crippen LogP contribution in [-0.2, 0) is 4.74 Å². The molecule has 0 N–H and O–H groups in total. The Labute approximate surface area is 139 Å². The minimum absolute atomic E-state index is 0.558. The van der Waals surface area contributed by atoms with Crippen LogP contribution >= 0.6 is 0 Å². The highest BCUT2D eigenvalue weighted by Gasteiger charge is 2.35. The van der Waals surface area contributed by atoms with Gasteiger partial charge in [0.05, 0.1) is 26.2 Å². The number of epoxide rings is 1. The summed E-state index contributed by atoms with van der Waals surface area (Å²) >= 11 is 0. The predicted molar refractivity (Wildman–Crippen MR) is 97.2 cm³/mol. The first-order valence-electron chi connectivity index (χ1n) is 9.88. The lowest BCUT2D eigenvalue weighted by molar-refractivity contribution is -0.928. The largest absolute Gasteiger partial charge is 0.367 e. The van der Waals surface area contributed by atoms with Crippen LogP contribution in [0.3, 0.4) is 0 Å². The highest BCUT2D eigenvalue weighted by Crippen LogP contribution is 2.21. The van der Waals surface area contributed by atoms with Gasteiger partial charge >= 0.3 is 0 Å². The fraction of sp³-hybridized carbons (Fsp3) is 0.900. The van der Waals surface area contributed by atoms with Crippen LogP contribution < -0.4 is 0 Å². The SMILES string of the molecule is CCCCC/C=C/CC[N+](CCCC)(CCCC)CC1CO1. The molecule has 130 valence electrons. The van der Waals surface area contributed by atoms with Crippen LogP contribution in [0.5, 0.6) is 0 Å². The monoisotopic (exact) mass is 310 g/mol. The molecule has 1 saturated heterocycles. The number of rotatable bonds is 15. The van der Waals surface area contributed by atoms with Crippen molar-refractivity contribution in [3.05, 3.63) is 12.2 Å². The lowest BCUT2D eigenvalue weighted by Gasteiger charge is -2.38. The molecule has 1 aliphatic heterocycles. The normalized spacial score (nSPS) is 18.2. The minimum Gasteiger partial charge on any atom is -0.367 e. The highest BCUT2D eigenvalue weighted by molar-refractivity contribution is 4.81. The third kappa shape index (κ3) is 8.95. The van der Waals surface area contributed by atoms with E-state index < -0.39 is 0 Å². The molecule has 1 aliphatic rings. The maximum Gasteiger partial charge on any atom is 0.130 e. The molecule has 1 heterocycles. The van der Waals surface area contributed by atoms with Gasteiger partial charge in [-0.05, 0) is 25.7 Å². The van der Waals surface area contributed by atoms with E-state index in [2.05, 4.69) is 32.9 Å². The topological polar surface area (TPSA) is 12.5 Å². The molecule has 2 heteroatoms. The summed E-state index contributed by atoms with van der Waals surface area (Å²) in [5, 5.41) is 0. The molecule has 0 bridgehead atoms. The number of hydrogen-bond acceptors (Lipinski definition) is 1. The van der Waals surface area contributed by atoms with E-state index in [-0.39, 0.29) is 0 Å². The summed E-state index contributed by atoms with van der Waals surface area (Å²) in [5.74, 6) is 0. The second-order valence-corrected chi connectivity index (χ2v) is 7.11. The van der Waals surface area contributed by atoms with Crippen molar-refractivity contribution in [2.75, 3.05) is 32.8 Å². The molecule has 1 unspecified atom stereocenters. The van der Waals surface area contributed by atoms with Gasteiger partial charge in [-0.15, -0.1) is 0 Å². The van der Waals surface area contributed by atoms with Crippen molar-refractivity contribution in [2.45, 2.75) is 84.7 Å². The Morgan fingerprint density at radius 2 is 1.41 bits per heavy atom. The van der Waals surface area contributed by atoms with Gasteiger partial charge in [-0.2, -0.15) is 0 Å². The Morgan fingerprint density at radius 3 is 1.95 bits per heavy atom. The Morgan fingerprint density at radius 1 is 0.818 bits per heavy atom. The molecule has 1 fully saturated rings. The Kier molecular flexibility index (Phi) is 10.9. The maximum atomic E-state index is 5.56. The van der Waals surface area contributed by atoms with Crippen molar-refractivity contribution in [3.63, 3.8) is 0 Å². The predicted octanol–water partition coefficient (Wildman–Crippen LogP) is 5.33. The van der Waals surface area contributed by atoms with Gasteiger partial charge < -0.3 is 9.22 Å². The first kappa shape index (κ1) is 19.7. The molecule has 0 radical (unpaired) electrons. The van der Waals surface area contributed by atoms with Crippen LogP contribution in [0.2, 0.25) is 0 Å². The van der Waals surface area contributed by atoms with Crippen LogP contribution in [-0.4, -0.2) is 43.4 Å². The maximum absolute atomic E-state index is 5.56. The van der Waals surface area contributed by atoms with Gasteiger partial charge in [0.1, 0.15) is 12.6 Å². The van der Waals surface area contributed by atoms with Crippen molar-refractivity contribution in [1.82, 2.24) is 0 Å². The van der Waals surface area contributed by atoms with Gasteiger partial charge in [-0.25, -0.2) is 0 Å². The summed E-state index contributed by atoms with van der Waals surface area (Å²) in [6, 6.07) is 0. The van der Waals surface area contributed by atoms with Gasteiger partial charge in [-0.3, -0.25) is 0 Å². The highest BCUT2D eigenvalue weighted by atomic mass is 16.6. The number of hydrogen-bond donors (Lipinski definition) is 0. The second kappa shape index (κ2) is 12.1. The Bertz CT molecular complexity index is 275. The standard InChI is InChI=1S/C20H40NO/c1-4-7-10-11-12-13-14-17-21(15-8-5-2,16-9-6-3)18-20-19-22-20/h12-13,20H,4-11,14-19H2,1-3H3/q+1/b13-12+. The first-order valence-corrected chi connectivity index (χ1v) is 9.88. The van der Waals surface area contributed by atoms with Crippen molar-refractivity contribution in [1.29, 1.82) is 0 Å². The summed E-state index contributed by atoms with van der Waals surface area (Å²) in [4.78, 5) is 0. The summed E-state index contributed by atoms with van der Waals surface area (Å²) in [6.07, 6.45) is 17.3. The van der Waals surface area contributed by atoms with E-state index in [0.717, 1.165) is 6.61 Å². The van der Waals surface area contributed by atoms with Gasteiger partial charge in [0.15, 0.2) is 0 Å². The van der Waals surface area contributed by atoms with Crippen molar-refractivity contribution in [2.24, 2.45) is 0 Å². The van der Waals surface area contributed by atoms with E-state index in [0.29, 0.717) is 6.10 Å². The zero-order chi connectivity index (χ0) is 16.1. The molecule has 22 heavy (non-hydrogen) atoms. The summed E-state index contributed by atoms with van der Waals surface area (Å²) in [7, 11) is 0. The quantitative estimate of drug-likeness (QED) is 0.172. The van der Waals surface area contributed by atoms with E-state index in [1.54, 1.807) is 0 Å². The molecule has 0 saturated carbocycles. The summed E-state index contributed by atoms with van der Waals surface area (Å²) < 4.78 is 6.86. The molecule has 0 aromatic heterocycles. The number of nitrogens with zero attached hydrogens (tertiary/aromatic N) is 1. The molecule has 0 spiro atoms. The van der Waals surface area contributed by atoms with Crippen LogP contribution in [0.25, 0.3) is 0 Å². The van der Waals surface area contributed by atoms with Crippen molar-refractivity contribution < 1.29 is 9.22 Å². The number of ether oxygens (including phenoxy) is 1. The fourth-order valence-corrected chi connectivity index (χ4v) is 3.30. The second-order valence-electron chi connectivity index (χ2n) is 7.11. The van der Waals surface area contributed by atoms with Crippen LogP contribution in [0.1, 0.15) is 78.6 Å². The molecule has 0 aromatic carbocycles. The molecular formula is C20H40NO+. The van der Waals surface area contributed by atoms with E-state index in [1.165, 1.54) is 88.4 Å². The average Bonchev–Trinajstić information content (AvgIpc) is 3.34. The van der Waals surface area contributed by atoms with Gasteiger partial charge in [-0.1, -0.05) is 58.6 Å². The van der Waals surface area contributed by atoms with Crippen molar-refractivity contribution >= 4 is 0 Å². The lowest BCUT2D eigenvalue weighted by Crippen LogP contribution is -2.52. The van der Waals surface area contributed by atoms with E-state index in [4.69, 9.17) is 4.74 Å². The third-order valence-electron chi connectivity index (χ3n) is 4.88. The molecule has 0 aromatic rings. The average molecular weight is 311 g/mol. The zero-order valence-corrected chi connectivity index (χ0v) is 15.5. The lowest BCUT2D eigenvalue weighted by atomic mass is 10.1. The minimum atomic E-state index is 0.558. The summed E-state index contributed by atoms with van der Waals surface area (Å²) in [5.41, 5.74) is 0. The third-order valence-corrected chi connectivity index (χ3v) is 4.88. The van der Waals surface area contributed by atoms with Crippen molar-refractivity contribution in [3.8, 4) is 0 Å². The molecule has 1 atom stereocenters. The van der Waals surface area contributed by atoms with E-state index in [1.807, 2.05) is 0 Å². The van der Waals surface area contributed by atoms with Crippen LogP contribution in [0.15, 0.2) is 12.2 Å². The van der Waals surface area contributed by atoms with Crippen LogP contribution in [0.4, 0.5) is 0 Å². The number of unbranched alkanes of at least 4 members (excludes halogenated alkanes) is 5. The fourth-order valence-electron chi connectivity index (χ4n) is 3.30. The number of allylic oxidation sites excluding steroid dienone is 1. The van der Waals surface area contributed by atoms with E-state index in [9.17, 15) is 0 Å². The molecule has 1 rings (SSSR count). The first-order chi connectivity index (χ1) is 10.8. The zero-order valence-electron chi connectivity index (χ0n) is 15.5. The smallest absolute Gasteiger partial charge is 0.130 e. The molecule has 0 amide bonds. The molecule has 0 aliphatic carbocycles. The Hall–Kier alpha value is -0.340. The van der Waals surface area contributed by atoms with Gasteiger partial charge in [0.25, 0.3) is 0 Å².